The molecule has 0 N–H and O–H groups in total. The van der Waals surface area contributed by atoms with E-state index in [1.165, 1.54) is 0 Å². The van der Waals surface area contributed by atoms with Crippen LogP contribution in [0.3, 0.4) is 0 Å². The Labute approximate surface area is 130 Å². The van der Waals surface area contributed by atoms with Gasteiger partial charge in [-0.25, -0.2) is 0 Å². The van der Waals surface area contributed by atoms with Crippen LogP contribution in [0, 0.1) is 0 Å². The monoisotopic (exact) mass is 242 g/mol. The van der Waals surface area contributed by atoms with Crippen molar-refractivity contribution in [1.82, 2.24) is 0 Å². The number of aryl methyl sites for hydroxylation is 1. The molecule has 0 aliphatic heterocycles. The van der Waals surface area contributed by atoms with Gasteiger partial charge in [0, 0.05) is 0 Å². The molecule has 0 radical (unpaired) electrons. The maximum atomic E-state index is 11.8. The maximum absolute atomic E-state index is 11.8. The van der Waals surface area contributed by atoms with E-state index in [0.29, 0.717) is 0 Å². The molecule has 0 aromatic heterocycles. The average molecular weight is 242 g/mol. The fourth-order valence-corrected chi connectivity index (χ4v) is 1.01. The van der Waals surface area contributed by atoms with E-state index in [0.717, 1.165) is 12.0 Å². The molecule has 0 spiro atoms. The van der Waals surface area contributed by atoms with Crippen LogP contribution in [0.4, 0.5) is 12.9 Å². The van der Waals surface area contributed by atoms with Crippen LogP contribution in [0.25, 0.3) is 0 Å². The Hall–Kier alpha value is 0.511. The van der Waals surface area contributed by atoms with Crippen LogP contribution in [0.1, 0.15) is 12.5 Å². The third kappa shape index (κ3) is 6.63. The van der Waals surface area contributed by atoms with Gasteiger partial charge in [0.05, 0.1) is 6.51 Å². The summed E-state index contributed by atoms with van der Waals surface area (Å²) in [6.45, 7) is -4.06. The van der Waals surface area contributed by atoms with E-state index in [1.54, 1.807) is 24.3 Å². The standard InChI is InChI=1S/C9H11BF3O.K/c1-2-8-3-5-9(6-4-8)14-7-10(11,12)13;/h3-6H,2,7H2,1H3;/q-1;+1. The summed E-state index contributed by atoms with van der Waals surface area (Å²) in [5.74, 6) is 0.265. The molecule has 0 bridgehead atoms. The fourth-order valence-electron chi connectivity index (χ4n) is 1.01. The van der Waals surface area contributed by atoms with Crippen molar-refractivity contribution in [3.8, 4) is 5.75 Å². The van der Waals surface area contributed by atoms with Gasteiger partial charge in [-0.2, -0.15) is 0 Å². The molecular formula is C9H11BF3KO. The van der Waals surface area contributed by atoms with Crippen molar-refractivity contribution in [1.29, 1.82) is 0 Å². The minimum absolute atomic E-state index is 0. The van der Waals surface area contributed by atoms with Crippen molar-refractivity contribution in [2.75, 3.05) is 6.51 Å². The molecule has 0 aliphatic rings. The number of ether oxygens (including phenoxy) is 1. The zero-order valence-electron chi connectivity index (χ0n) is 8.84. The molecule has 0 atom stereocenters. The van der Waals surface area contributed by atoms with E-state index in [4.69, 9.17) is 0 Å². The van der Waals surface area contributed by atoms with Crippen molar-refractivity contribution in [2.45, 2.75) is 13.3 Å². The quantitative estimate of drug-likeness (QED) is 0.676. The summed E-state index contributed by atoms with van der Waals surface area (Å²) in [6, 6.07) is 6.64. The van der Waals surface area contributed by atoms with E-state index in [1.807, 2.05) is 6.92 Å². The second kappa shape index (κ2) is 6.96. The molecule has 0 heterocycles. The molecule has 0 aliphatic carbocycles. The second-order valence-electron chi connectivity index (χ2n) is 3.02. The van der Waals surface area contributed by atoms with E-state index in [-0.39, 0.29) is 57.1 Å². The van der Waals surface area contributed by atoms with Gasteiger partial charge in [0.1, 0.15) is 5.75 Å². The summed E-state index contributed by atoms with van der Waals surface area (Å²) in [5.41, 5.74) is 1.08. The summed E-state index contributed by atoms with van der Waals surface area (Å²) >= 11 is 0. The van der Waals surface area contributed by atoms with Gasteiger partial charge < -0.3 is 17.7 Å². The van der Waals surface area contributed by atoms with Crippen LogP contribution >= 0.6 is 0 Å². The van der Waals surface area contributed by atoms with E-state index in [2.05, 4.69) is 4.74 Å². The first kappa shape index (κ1) is 15.5. The molecule has 15 heavy (non-hydrogen) atoms. The zero-order chi connectivity index (χ0) is 10.6. The summed E-state index contributed by atoms with van der Waals surface area (Å²) in [4.78, 5) is 0. The Balaban J connectivity index is 0.00000196. The first-order valence-electron chi connectivity index (χ1n) is 4.44. The van der Waals surface area contributed by atoms with Gasteiger partial charge in [-0.1, -0.05) is 19.1 Å². The molecule has 0 fully saturated rings. The Kier molecular flexibility index (Phi) is 7.20. The van der Waals surface area contributed by atoms with E-state index >= 15 is 0 Å². The summed E-state index contributed by atoms with van der Waals surface area (Å²) in [5, 5.41) is 0. The SMILES string of the molecule is CCc1ccc(OC[B-](F)(F)F)cc1.[K+]. The van der Waals surface area contributed by atoms with Gasteiger partial charge >= 0.3 is 58.4 Å². The molecule has 1 nitrogen and oxygen atoms in total. The Bertz CT molecular complexity index is 286. The predicted molar refractivity (Wildman–Crippen MR) is 50.4 cm³/mol. The average Bonchev–Trinajstić information content (AvgIpc) is 2.14. The molecule has 1 aromatic carbocycles. The molecule has 0 amide bonds. The number of rotatable bonds is 4. The molecular weight excluding hydrogens is 231 g/mol. The maximum Gasteiger partial charge on any atom is 1.00 e. The molecule has 78 valence electrons. The van der Waals surface area contributed by atoms with Gasteiger partial charge in [-0.15, -0.1) is 0 Å². The third-order valence-corrected chi connectivity index (χ3v) is 1.77. The molecule has 6 heteroatoms. The van der Waals surface area contributed by atoms with Crippen LogP contribution in [-0.4, -0.2) is 13.5 Å². The predicted octanol–water partition coefficient (Wildman–Crippen LogP) is 0.0184. The zero-order valence-corrected chi connectivity index (χ0v) is 12.0. The van der Waals surface area contributed by atoms with E-state index < -0.39 is 13.5 Å². The summed E-state index contributed by atoms with van der Waals surface area (Å²) < 4.78 is 40.0. The van der Waals surface area contributed by atoms with Crippen molar-refractivity contribution < 1.29 is 69.1 Å². The normalized spacial score (nSPS) is 10.7. The summed E-state index contributed by atoms with van der Waals surface area (Å²) in [6.07, 6.45) is 0.865. The molecule has 0 saturated carbocycles. The first-order chi connectivity index (χ1) is 6.51. The Morgan fingerprint density at radius 2 is 1.67 bits per heavy atom. The molecule has 0 saturated heterocycles. The van der Waals surface area contributed by atoms with Gasteiger partial charge in [0.2, 0.25) is 0 Å². The van der Waals surface area contributed by atoms with Gasteiger partial charge in [0.25, 0.3) is 0 Å². The van der Waals surface area contributed by atoms with Crippen molar-refractivity contribution in [3.63, 3.8) is 0 Å². The number of halogens is 3. The van der Waals surface area contributed by atoms with Crippen LogP contribution < -0.4 is 56.1 Å². The van der Waals surface area contributed by atoms with Crippen molar-refractivity contribution in [3.05, 3.63) is 29.8 Å². The fraction of sp³-hybridized carbons (Fsp3) is 0.333. The topological polar surface area (TPSA) is 9.23 Å². The molecule has 0 unspecified atom stereocenters. The Morgan fingerprint density at radius 1 is 1.13 bits per heavy atom. The summed E-state index contributed by atoms with van der Waals surface area (Å²) in [7, 11) is 0. The van der Waals surface area contributed by atoms with Crippen molar-refractivity contribution in [2.24, 2.45) is 0 Å². The van der Waals surface area contributed by atoms with Crippen LogP contribution in [0.5, 0.6) is 5.75 Å². The largest absolute Gasteiger partial charge is 1.00 e. The van der Waals surface area contributed by atoms with Crippen LogP contribution in [-0.2, 0) is 6.42 Å². The van der Waals surface area contributed by atoms with Gasteiger partial charge in [0.15, 0.2) is 0 Å². The number of hydrogen-bond donors (Lipinski definition) is 0. The van der Waals surface area contributed by atoms with Gasteiger partial charge in [-0.3, -0.25) is 0 Å². The second-order valence-corrected chi connectivity index (χ2v) is 3.02. The van der Waals surface area contributed by atoms with Crippen molar-refractivity contribution >= 4 is 6.98 Å². The minimum atomic E-state index is -4.86. The van der Waals surface area contributed by atoms with E-state index in [9.17, 15) is 12.9 Å². The van der Waals surface area contributed by atoms with Crippen LogP contribution in [0.15, 0.2) is 24.3 Å². The minimum Gasteiger partial charge on any atom is -0.522 e. The first-order valence-corrected chi connectivity index (χ1v) is 4.44. The Morgan fingerprint density at radius 3 is 2.07 bits per heavy atom. The molecule has 1 rings (SSSR count). The van der Waals surface area contributed by atoms with Crippen LogP contribution in [0.2, 0.25) is 0 Å². The molecule has 1 aromatic rings. The number of hydrogen-bond acceptors (Lipinski definition) is 1. The van der Waals surface area contributed by atoms with Gasteiger partial charge in [-0.05, 0) is 24.1 Å². The smallest absolute Gasteiger partial charge is 0.522 e. The number of benzene rings is 1. The third-order valence-electron chi connectivity index (χ3n) is 1.77.